The number of aryl methyl sites for hydroxylation is 2. The molecule has 0 saturated carbocycles. The average molecular weight is 485 g/mol. The largest absolute Gasteiger partial charge is 0.496 e. The van der Waals surface area contributed by atoms with Crippen LogP contribution in [0, 0.1) is 0 Å². The molecule has 1 atom stereocenters. The molecule has 1 saturated heterocycles. The van der Waals surface area contributed by atoms with Gasteiger partial charge in [-0.05, 0) is 91.0 Å². The van der Waals surface area contributed by atoms with Gasteiger partial charge in [-0.3, -0.25) is 9.69 Å². The second kappa shape index (κ2) is 9.92. The molecule has 1 N–H and O–H groups in total. The molecule has 35 heavy (non-hydrogen) atoms. The number of rotatable bonds is 7. The molecule has 2 aliphatic rings. The minimum absolute atomic E-state index is 0.141. The highest BCUT2D eigenvalue weighted by Gasteiger charge is 2.34. The number of hydrogen-bond donors (Lipinski definition) is 1. The van der Waals surface area contributed by atoms with Crippen LogP contribution in [0.5, 0.6) is 11.5 Å². The predicted molar refractivity (Wildman–Crippen MR) is 141 cm³/mol. The van der Waals surface area contributed by atoms with E-state index in [1.807, 2.05) is 67.6 Å². The molecule has 0 aromatic heterocycles. The molecular weight excluding hydrogens is 456 g/mol. The summed E-state index contributed by atoms with van der Waals surface area (Å²) in [4.78, 5) is 14.8. The number of methoxy groups -OCH3 is 1. The number of ether oxygens (including phenoxy) is 2. The Bertz CT molecular complexity index is 1300. The molecule has 6 heteroatoms. The summed E-state index contributed by atoms with van der Waals surface area (Å²) in [6.07, 6.45) is 5.30. The van der Waals surface area contributed by atoms with E-state index in [4.69, 9.17) is 21.7 Å². The van der Waals surface area contributed by atoms with Gasteiger partial charge in [-0.2, -0.15) is 0 Å². The first-order valence-electron chi connectivity index (χ1n) is 11.9. The van der Waals surface area contributed by atoms with Crippen LogP contribution in [0.1, 0.15) is 47.2 Å². The van der Waals surface area contributed by atoms with Crippen molar-refractivity contribution in [2.45, 2.75) is 38.8 Å². The second-order valence-corrected chi connectivity index (χ2v) is 9.28. The van der Waals surface area contributed by atoms with Crippen LogP contribution in [0.25, 0.3) is 6.08 Å². The zero-order valence-corrected chi connectivity index (χ0v) is 20.7. The highest BCUT2D eigenvalue weighted by molar-refractivity contribution is 7.80. The third kappa shape index (κ3) is 4.80. The molecule has 178 valence electrons. The molecule has 1 heterocycles. The molecule has 1 fully saturated rings. The van der Waals surface area contributed by atoms with Crippen LogP contribution in [-0.2, 0) is 24.2 Å². The fourth-order valence-electron chi connectivity index (χ4n) is 4.75. The first-order valence-corrected chi connectivity index (χ1v) is 12.3. The fourth-order valence-corrected chi connectivity index (χ4v) is 5.10. The lowest BCUT2D eigenvalue weighted by atomic mass is 10.1. The second-order valence-electron chi connectivity index (χ2n) is 8.89. The van der Waals surface area contributed by atoms with Crippen molar-refractivity contribution in [1.29, 1.82) is 0 Å². The molecule has 0 bridgehead atoms. The van der Waals surface area contributed by atoms with Crippen molar-refractivity contribution >= 4 is 29.3 Å². The van der Waals surface area contributed by atoms with Crippen molar-refractivity contribution in [3.8, 4) is 11.5 Å². The Hall–Kier alpha value is -3.64. The van der Waals surface area contributed by atoms with Crippen LogP contribution in [0.2, 0.25) is 0 Å². The van der Waals surface area contributed by atoms with Gasteiger partial charge in [0.1, 0.15) is 23.8 Å². The van der Waals surface area contributed by atoms with E-state index in [-0.39, 0.29) is 11.9 Å². The highest BCUT2D eigenvalue weighted by Crippen LogP contribution is 2.29. The van der Waals surface area contributed by atoms with Crippen LogP contribution >= 0.6 is 12.2 Å². The minimum Gasteiger partial charge on any atom is -0.496 e. The van der Waals surface area contributed by atoms with Crippen molar-refractivity contribution in [3.05, 3.63) is 100 Å². The lowest BCUT2D eigenvalue weighted by Gasteiger charge is -2.23. The molecular formula is C29H28N2O3S. The first kappa shape index (κ1) is 23.1. The molecule has 5 nitrogen and oxygen atoms in total. The predicted octanol–water partition coefficient (Wildman–Crippen LogP) is 5.58. The Kier molecular flexibility index (Phi) is 6.55. The van der Waals surface area contributed by atoms with Gasteiger partial charge in [0, 0.05) is 5.56 Å². The van der Waals surface area contributed by atoms with Crippen LogP contribution in [0.3, 0.4) is 0 Å². The number of carbonyl (C=O) groups is 1. The Balaban J connectivity index is 1.34. The maximum Gasteiger partial charge on any atom is 0.277 e. The number of benzene rings is 3. The Labute approximate surface area is 211 Å². The van der Waals surface area contributed by atoms with Gasteiger partial charge in [-0.25, -0.2) is 0 Å². The Morgan fingerprint density at radius 2 is 1.86 bits per heavy atom. The van der Waals surface area contributed by atoms with E-state index in [1.54, 1.807) is 12.0 Å². The van der Waals surface area contributed by atoms with Gasteiger partial charge in [-0.1, -0.05) is 42.5 Å². The molecule has 3 aromatic rings. The number of nitrogens with one attached hydrogen (secondary N) is 1. The summed E-state index contributed by atoms with van der Waals surface area (Å²) in [6, 6.07) is 21.9. The van der Waals surface area contributed by atoms with Gasteiger partial charge in [0.05, 0.1) is 13.2 Å². The van der Waals surface area contributed by atoms with E-state index in [1.165, 1.54) is 17.5 Å². The molecule has 5 rings (SSSR count). The SMILES string of the molecule is COc1ccc(/C=C2\NC(=S)N(C(C)c3ccccc3)C2=O)cc1COc1ccc2c(c1)CCC2. The lowest BCUT2D eigenvalue weighted by Crippen LogP contribution is -2.33. The van der Waals surface area contributed by atoms with Gasteiger partial charge in [-0.15, -0.1) is 0 Å². The lowest BCUT2D eigenvalue weighted by molar-refractivity contribution is -0.123. The summed E-state index contributed by atoms with van der Waals surface area (Å²) in [6.45, 7) is 2.35. The van der Waals surface area contributed by atoms with Gasteiger partial charge >= 0.3 is 0 Å². The quantitative estimate of drug-likeness (QED) is 0.350. The number of carbonyl (C=O) groups excluding carboxylic acids is 1. The maximum atomic E-state index is 13.2. The number of nitrogens with zero attached hydrogens (tertiary/aromatic N) is 1. The van der Waals surface area contributed by atoms with Crippen molar-refractivity contribution in [3.63, 3.8) is 0 Å². The number of fused-ring (bicyclic) bond motifs is 1. The highest BCUT2D eigenvalue weighted by atomic mass is 32.1. The van der Waals surface area contributed by atoms with Gasteiger partial charge in [0.2, 0.25) is 0 Å². The van der Waals surface area contributed by atoms with Crippen molar-refractivity contribution in [2.24, 2.45) is 0 Å². The van der Waals surface area contributed by atoms with E-state index in [9.17, 15) is 4.79 Å². The molecule has 3 aromatic carbocycles. The molecule has 0 radical (unpaired) electrons. The summed E-state index contributed by atoms with van der Waals surface area (Å²) in [5, 5.41) is 3.50. The summed E-state index contributed by atoms with van der Waals surface area (Å²) in [5.41, 5.74) is 6.06. The van der Waals surface area contributed by atoms with Crippen molar-refractivity contribution in [1.82, 2.24) is 10.2 Å². The van der Waals surface area contributed by atoms with Gasteiger partial charge in [0.25, 0.3) is 5.91 Å². The zero-order chi connectivity index (χ0) is 24.4. The third-order valence-electron chi connectivity index (χ3n) is 6.66. The van der Waals surface area contributed by atoms with Crippen LogP contribution in [0.4, 0.5) is 0 Å². The summed E-state index contributed by atoms with van der Waals surface area (Å²) in [7, 11) is 1.65. The van der Waals surface area contributed by atoms with E-state index in [2.05, 4.69) is 17.4 Å². The number of hydrogen-bond acceptors (Lipinski definition) is 4. The van der Waals surface area contributed by atoms with E-state index in [0.29, 0.717) is 17.4 Å². The van der Waals surface area contributed by atoms with Crippen LogP contribution < -0.4 is 14.8 Å². The van der Waals surface area contributed by atoms with E-state index in [0.717, 1.165) is 41.0 Å². The zero-order valence-electron chi connectivity index (χ0n) is 19.9. The van der Waals surface area contributed by atoms with Crippen LogP contribution in [0.15, 0.2) is 72.4 Å². The molecule has 1 aliphatic carbocycles. The Morgan fingerprint density at radius 1 is 1.06 bits per heavy atom. The van der Waals surface area contributed by atoms with Crippen LogP contribution in [-0.4, -0.2) is 23.0 Å². The van der Waals surface area contributed by atoms with Crippen molar-refractivity contribution < 1.29 is 14.3 Å². The molecule has 1 amide bonds. The normalized spacial score (nSPS) is 16.9. The maximum absolute atomic E-state index is 13.2. The molecule has 1 unspecified atom stereocenters. The topological polar surface area (TPSA) is 50.8 Å². The standard InChI is InChI=1S/C29H28N2O3S/c1-19(21-7-4-3-5-8-21)31-28(32)26(30-29(31)35)16-20-11-14-27(33-2)24(15-20)18-34-25-13-12-22-9-6-10-23(22)17-25/h3-5,7-8,11-17,19H,6,9-10,18H2,1-2H3,(H,30,35)/b26-16-. The van der Waals surface area contributed by atoms with Gasteiger partial charge in [0.15, 0.2) is 5.11 Å². The Morgan fingerprint density at radius 3 is 2.66 bits per heavy atom. The monoisotopic (exact) mass is 484 g/mol. The fraction of sp³-hybridized carbons (Fsp3) is 0.241. The molecule has 1 aliphatic heterocycles. The summed E-state index contributed by atoms with van der Waals surface area (Å²) in [5.74, 6) is 1.46. The third-order valence-corrected chi connectivity index (χ3v) is 6.96. The van der Waals surface area contributed by atoms with E-state index < -0.39 is 0 Å². The smallest absolute Gasteiger partial charge is 0.277 e. The van der Waals surface area contributed by atoms with Crippen molar-refractivity contribution in [2.75, 3.05) is 7.11 Å². The minimum atomic E-state index is -0.165. The summed E-state index contributed by atoms with van der Waals surface area (Å²) < 4.78 is 11.7. The number of thiocarbonyl (C=S) groups is 1. The first-order chi connectivity index (χ1) is 17.0. The van der Waals surface area contributed by atoms with Gasteiger partial charge < -0.3 is 14.8 Å². The molecule has 0 spiro atoms. The summed E-state index contributed by atoms with van der Waals surface area (Å²) >= 11 is 5.50. The average Bonchev–Trinajstić information content (AvgIpc) is 3.46. The van der Waals surface area contributed by atoms with E-state index >= 15 is 0 Å². The number of amides is 1.